The summed E-state index contributed by atoms with van der Waals surface area (Å²) in [4.78, 5) is 10.0. The third kappa shape index (κ3) is 2.88. The third-order valence-corrected chi connectivity index (χ3v) is 4.72. The van der Waals surface area contributed by atoms with E-state index in [2.05, 4.69) is 0 Å². The second-order valence-corrected chi connectivity index (χ2v) is 7.93. The maximum absolute atomic E-state index is 11.5. The Labute approximate surface area is 105 Å². The number of aromatic carboxylic acids is 1. The number of hydrogen-bond donors (Lipinski definition) is 1. The molecule has 1 N–H and O–H groups in total. The molecule has 1 aromatic carbocycles. The van der Waals surface area contributed by atoms with Gasteiger partial charge < -0.3 is 5.11 Å². The summed E-state index contributed by atoms with van der Waals surface area (Å²) >= 11 is 0. The summed E-state index contributed by atoms with van der Waals surface area (Å²) in [6.07, 6.45) is 1.70. The average Bonchev–Trinajstić information content (AvgIpc) is 2.13. The Kier molecular flexibility index (Phi) is 3.55. The predicted octanol–water partition coefficient (Wildman–Crippen LogP) is 0.500. The fraction of sp³-hybridized carbons (Fsp3) is 0.300. The quantitative estimate of drug-likeness (QED) is 0.869. The van der Waals surface area contributed by atoms with Gasteiger partial charge in [-0.25, -0.2) is 21.6 Å². The van der Waals surface area contributed by atoms with Crippen LogP contribution in [-0.4, -0.2) is 40.4 Å². The number of rotatable bonds is 3. The Hall–Kier alpha value is -1.41. The molecule has 0 aliphatic rings. The van der Waals surface area contributed by atoms with Crippen molar-refractivity contribution in [3.8, 4) is 0 Å². The fourth-order valence-electron chi connectivity index (χ4n) is 1.47. The highest BCUT2D eigenvalue weighted by Crippen LogP contribution is 2.25. The van der Waals surface area contributed by atoms with Crippen LogP contribution in [0, 0.1) is 6.92 Å². The van der Waals surface area contributed by atoms with Gasteiger partial charge in [-0.05, 0) is 24.6 Å². The number of carboxylic acids is 1. The van der Waals surface area contributed by atoms with Crippen LogP contribution in [0.2, 0.25) is 0 Å². The number of hydrogen-bond acceptors (Lipinski definition) is 5. The highest BCUT2D eigenvalue weighted by atomic mass is 32.2. The molecule has 0 heterocycles. The van der Waals surface area contributed by atoms with E-state index in [0.29, 0.717) is 0 Å². The van der Waals surface area contributed by atoms with Gasteiger partial charge >= 0.3 is 5.97 Å². The molecule has 0 aromatic heterocycles. The SMILES string of the molecule is Cc1cc(S(C)(=O)=O)c(S(C)(=O)=O)cc1C(=O)O. The van der Waals surface area contributed by atoms with Crippen molar-refractivity contribution >= 4 is 25.6 Å². The van der Waals surface area contributed by atoms with Crippen LogP contribution in [0.15, 0.2) is 21.9 Å². The van der Waals surface area contributed by atoms with Crippen molar-refractivity contribution < 1.29 is 26.7 Å². The summed E-state index contributed by atoms with van der Waals surface area (Å²) in [6.45, 7) is 1.41. The molecule has 6 nitrogen and oxygen atoms in total. The van der Waals surface area contributed by atoms with Gasteiger partial charge in [0.15, 0.2) is 19.7 Å². The van der Waals surface area contributed by atoms with E-state index in [1.165, 1.54) is 6.92 Å². The van der Waals surface area contributed by atoms with E-state index in [1.54, 1.807) is 0 Å². The van der Waals surface area contributed by atoms with Gasteiger partial charge in [0.25, 0.3) is 0 Å². The molecule has 8 heteroatoms. The summed E-state index contributed by atoms with van der Waals surface area (Å²) in [5, 5.41) is 8.91. The van der Waals surface area contributed by atoms with Gasteiger partial charge in [0.2, 0.25) is 0 Å². The van der Waals surface area contributed by atoms with Crippen molar-refractivity contribution in [3.63, 3.8) is 0 Å². The molecule has 0 amide bonds. The van der Waals surface area contributed by atoms with Crippen molar-refractivity contribution in [2.45, 2.75) is 16.7 Å². The number of carbonyl (C=O) groups is 1. The third-order valence-electron chi connectivity index (χ3n) is 2.32. The minimum atomic E-state index is -3.83. The summed E-state index contributed by atoms with van der Waals surface area (Å²) in [5.41, 5.74) is -0.0434. The van der Waals surface area contributed by atoms with Gasteiger partial charge in [0.05, 0.1) is 15.4 Å². The van der Waals surface area contributed by atoms with Crippen LogP contribution in [0.4, 0.5) is 0 Å². The van der Waals surface area contributed by atoms with Gasteiger partial charge in [0, 0.05) is 12.5 Å². The Balaban J connectivity index is 3.87. The van der Waals surface area contributed by atoms with E-state index >= 15 is 0 Å². The van der Waals surface area contributed by atoms with E-state index in [0.717, 1.165) is 24.6 Å². The minimum absolute atomic E-state index is 0.190. The molecule has 18 heavy (non-hydrogen) atoms. The standard InChI is InChI=1S/C10H12O6S2/c1-6-4-8(17(2,13)14)9(18(3,15)16)5-7(6)10(11)12/h4-5H,1-3H3,(H,11,12). The molecule has 0 aliphatic heterocycles. The van der Waals surface area contributed by atoms with E-state index in [1.807, 2.05) is 0 Å². The maximum atomic E-state index is 11.5. The van der Waals surface area contributed by atoms with Crippen LogP contribution in [-0.2, 0) is 19.7 Å². The maximum Gasteiger partial charge on any atom is 0.335 e. The fourth-order valence-corrected chi connectivity index (χ4v) is 3.95. The number of benzene rings is 1. The zero-order chi connectivity index (χ0) is 14.3. The largest absolute Gasteiger partial charge is 0.478 e. The van der Waals surface area contributed by atoms with Crippen molar-refractivity contribution in [1.29, 1.82) is 0 Å². The zero-order valence-corrected chi connectivity index (χ0v) is 11.6. The van der Waals surface area contributed by atoms with Gasteiger partial charge in [-0.3, -0.25) is 0 Å². The van der Waals surface area contributed by atoms with Gasteiger partial charge in [0.1, 0.15) is 0 Å². The highest BCUT2D eigenvalue weighted by Gasteiger charge is 2.24. The number of aryl methyl sites for hydroxylation is 1. The van der Waals surface area contributed by atoms with Crippen LogP contribution in [0.3, 0.4) is 0 Å². The van der Waals surface area contributed by atoms with Gasteiger partial charge in [-0.15, -0.1) is 0 Å². The molecule has 0 saturated carbocycles. The molecule has 0 spiro atoms. The molecule has 0 saturated heterocycles. The van der Waals surface area contributed by atoms with Gasteiger partial charge in [-0.2, -0.15) is 0 Å². The number of sulfone groups is 2. The first-order valence-corrected chi connectivity index (χ1v) is 8.51. The topological polar surface area (TPSA) is 106 Å². The lowest BCUT2D eigenvalue weighted by Gasteiger charge is -2.10. The average molecular weight is 292 g/mol. The Bertz CT molecular complexity index is 713. The van der Waals surface area contributed by atoms with Crippen molar-refractivity contribution in [3.05, 3.63) is 23.3 Å². The first-order valence-electron chi connectivity index (χ1n) is 4.72. The van der Waals surface area contributed by atoms with Crippen molar-refractivity contribution in [2.75, 3.05) is 12.5 Å². The van der Waals surface area contributed by atoms with E-state index in [-0.39, 0.29) is 16.0 Å². The summed E-state index contributed by atoms with van der Waals surface area (Å²) in [6, 6.07) is 1.94. The first-order chi connectivity index (χ1) is 7.94. The molecule has 100 valence electrons. The lowest BCUT2D eigenvalue weighted by Crippen LogP contribution is -2.11. The second-order valence-electron chi connectivity index (χ2n) is 3.96. The highest BCUT2D eigenvalue weighted by molar-refractivity contribution is 7.93. The first kappa shape index (κ1) is 14.7. The van der Waals surface area contributed by atoms with E-state index < -0.39 is 30.5 Å². The molecule has 0 bridgehead atoms. The van der Waals surface area contributed by atoms with Crippen molar-refractivity contribution in [2.24, 2.45) is 0 Å². The Morgan fingerprint density at radius 1 is 1.00 bits per heavy atom. The van der Waals surface area contributed by atoms with Crippen LogP contribution >= 0.6 is 0 Å². The van der Waals surface area contributed by atoms with Crippen LogP contribution in [0.5, 0.6) is 0 Å². The summed E-state index contributed by atoms with van der Waals surface area (Å²) in [7, 11) is -7.59. The second kappa shape index (κ2) is 4.36. The summed E-state index contributed by atoms with van der Waals surface area (Å²) in [5.74, 6) is -1.31. The lowest BCUT2D eigenvalue weighted by atomic mass is 10.1. The molecule has 1 rings (SSSR count). The zero-order valence-electron chi connectivity index (χ0n) is 9.96. The number of carboxylic acid groups (broad SMARTS) is 1. The van der Waals surface area contributed by atoms with Crippen molar-refractivity contribution in [1.82, 2.24) is 0 Å². The molecule has 0 radical (unpaired) electrons. The molecular weight excluding hydrogens is 280 g/mol. The normalized spacial score (nSPS) is 12.4. The lowest BCUT2D eigenvalue weighted by molar-refractivity contribution is 0.0695. The van der Waals surface area contributed by atoms with Crippen LogP contribution < -0.4 is 0 Å². The molecule has 0 fully saturated rings. The molecule has 0 aliphatic carbocycles. The smallest absolute Gasteiger partial charge is 0.335 e. The molecular formula is C10H12O6S2. The molecule has 1 aromatic rings. The van der Waals surface area contributed by atoms with Crippen LogP contribution in [0.1, 0.15) is 15.9 Å². The van der Waals surface area contributed by atoms with E-state index in [4.69, 9.17) is 5.11 Å². The minimum Gasteiger partial charge on any atom is -0.478 e. The van der Waals surface area contributed by atoms with Gasteiger partial charge in [-0.1, -0.05) is 0 Å². The van der Waals surface area contributed by atoms with Crippen LogP contribution in [0.25, 0.3) is 0 Å². The monoisotopic (exact) mass is 292 g/mol. The Morgan fingerprint density at radius 2 is 1.39 bits per heavy atom. The van der Waals surface area contributed by atoms with E-state index in [9.17, 15) is 21.6 Å². The molecule has 0 unspecified atom stereocenters. The Morgan fingerprint density at radius 3 is 1.72 bits per heavy atom. The predicted molar refractivity (Wildman–Crippen MR) is 64.4 cm³/mol. The summed E-state index contributed by atoms with van der Waals surface area (Å²) < 4.78 is 46.1. The molecule has 0 atom stereocenters.